The van der Waals surface area contributed by atoms with E-state index < -0.39 is 0 Å². The zero-order valence-electron chi connectivity index (χ0n) is 15.9. The first kappa shape index (κ1) is 18.2. The Morgan fingerprint density at radius 1 is 1.26 bits per heavy atom. The van der Waals surface area contributed by atoms with Gasteiger partial charge in [0, 0.05) is 38.1 Å². The first-order valence-corrected chi connectivity index (χ1v) is 9.97. The summed E-state index contributed by atoms with van der Waals surface area (Å²) in [6.45, 7) is 4.30. The summed E-state index contributed by atoms with van der Waals surface area (Å²) in [5.74, 6) is 2.08. The molecule has 1 aromatic heterocycles. The van der Waals surface area contributed by atoms with Crippen LogP contribution >= 0.6 is 0 Å². The Morgan fingerprint density at radius 2 is 2.04 bits per heavy atom. The number of carbonyl (C=O) groups excluding carboxylic acids is 1. The molecule has 0 saturated carbocycles. The van der Waals surface area contributed by atoms with Gasteiger partial charge in [-0.05, 0) is 31.6 Å². The SMILES string of the molecule is CCC(=O)N1CCC2(CC1)CC(Cc1nc(-c3ccccc3)no1)CCO2. The second kappa shape index (κ2) is 7.80. The standard InChI is InChI=1S/C21H27N3O3/c1-2-19(25)24-11-9-21(10-12-24)15-16(8-13-26-21)14-18-22-20(23-27-18)17-6-4-3-5-7-17/h3-7,16H,2,8-15H2,1H3. The lowest BCUT2D eigenvalue weighted by atomic mass is 9.78. The Hall–Kier alpha value is -2.21. The third-order valence-electron chi connectivity index (χ3n) is 5.89. The van der Waals surface area contributed by atoms with Crippen LogP contribution < -0.4 is 0 Å². The molecule has 0 aliphatic carbocycles. The van der Waals surface area contributed by atoms with Crippen molar-refractivity contribution in [1.82, 2.24) is 15.0 Å². The van der Waals surface area contributed by atoms with Crippen LogP contribution in [0.2, 0.25) is 0 Å². The van der Waals surface area contributed by atoms with E-state index in [2.05, 4.69) is 10.1 Å². The first-order chi connectivity index (χ1) is 13.2. The van der Waals surface area contributed by atoms with Crippen molar-refractivity contribution in [2.45, 2.75) is 51.0 Å². The van der Waals surface area contributed by atoms with Crippen molar-refractivity contribution in [3.05, 3.63) is 36.2 Å². The summed E-state index contributed by atoms with van der Waals surface area (Å²) in [7, 11) is 0. The summed E-state index contributed by atoms with van der Waals surface area (Å²) in [5.41, 5.74) is 0.888. The maximum absolute atomic E-state index is 11.9. The molecule has 1 unspecified atom stereocenters. The molecule has 0 N–H and O–H groups in total. The molecule has 1 amide bonds. The van der Waals surface area contributed by atoms with Crippen LogP contribution in [0.5, 0.6) is 0 Å². The Morgan fingerprint density at radius 3 is 2.78 bits per heavy atom. The second-order valence-electron chi connectivity index (χ2n) is 7.71. The largest absolute Gasteiger partial charge is 0.375 e. The van der Waals surface area contributed by atoms with Crippen molar-refractivity contribution >= 4 is 5.91 Å². The summed E-state index contributed by atoms with van der Waals surface area (Å²) in [6.07, 6.45) is 5.25. The van der Waals surface area contributed by atoms with Crippen LogP contribution in [0.25, 0.3) is 11.4 Å². The molecule has 6 nitrogen and oxygen atoms in total. The van der Waals surface area contributed by atoms with Crippen LogP contribution in [0, 0.1) is 5.92 Å². The average molecular weight is 369 g/mol. The van der Waals surface area contributed by atoms with E-state index in [1.54, 1.807) is 0 Å². The highest BCUT2D eigenvalue weighted by molar-refractivity contribution is 5.75. The molecular formula is C21H27N3O3. The molecule has 1 atom stereocenters. The maximum Gasteiger partial charge on any atom is 0.227 e. The van der Waals surface area contributed by atoms with Gasteiger partial charge in [-0.1, -0.05) is 42.4 Å². The van der Waals surface area contributed by atoms with Gasteiger partial charge in [0.05, 0.1) is 5.60 Å². The van der Waals surface area contributed by atoms with Crippen LogP contribution in [-0.4, -0.2) is 46.2 Å². The van der Waals surface area contributed by atoms with Gasteiger partial charge in [-0.3, -0.25) is 4.79 Å². The van der Waals surface area contributed by atoms with E-state index >= 15 is 0 Å². The van der Waals surface area contributed by atoms with E-state index in [4.69, 9.17) is 9.26 Å². The predicted molar refractivity (Wildman–Crippen MR) is 101 cm³/mol. The van der Waals surface area contributed by atoms with E-state index in [0.717, 1.165) is 57.4 Å². The van der Waals surface area contributed by atoms with Gasteiger partial charge in [0.1, 0.15) is 0 Å². The molecule has 144 valence electrons. The Balaban J connectivity index is 1.37. The number of carbonyl (C=O) groups is 1. The van der Waals surface area contributed by atoms with E-state index in [1.807, 2.05) is 42.2 Å². The maximum atomic E-state index is 11.9. The summed E-state index contributed by atoms with van der Waals surface area (Å²) >= 11 is 0. The summed E-state index contributed by atoms with van der Waals surface area (Å²) in [6, 6.07) is 9.91. The lowest BCUT2D eigenvalue weighted by Crippen LogP contribution is -2.50. The summed E-state index contributed by atoms with van der Waals surface area (Å²) in [5, 5.41) is 4.13. The van der Waals surface area contributed by atoms with Gasteiger partial charge in [0.2, 0.25) is 17.6 Å². The van der Waals surface area contributed by atoms with Gasteiger partial charge in [0.25, 0.3) is 0 Å². The van der Waals surface area contributed by atoms with Crippen molar-refractivity contribution in [3.63, 3.8) is 0 Å². The first-order valence-electron chi connectivity index (χ1n) is 9.97. The Kier molecular flexibility index (Phi) is 5.25. The fraction of sp³-hybridized carbons (Fsp3) is 0.571. The number of nitrogens with zero attached hydrogens (tertiary/aromatic N) is 3. The minimum atomic E-state index is -0.0876. The highest BCUT2D eigenvalue weighted by atomic mass is 16.5. The molecule has 0 bridgehead atoms. The molecule has 2 saturated heterocycles. The number of aromatic nitrogens is 2. The lowest BCUT2D eigenvalue weighted by molar-refractivity contribution is -0.147. The summed E-state index contributed by atoms with van der Waals surface area (Å²) < 4.78 is 11.7. The van der Waals surface area contributed by atoms with Crippen molar-refractivity contribution in [1.29, 1.82) is 0 Å². The van der Waals surface area contributed by atoms with Crippen molar-refractivity contribution in [2.75, 3.05) is 19.7 Å². The van der Waals surface area contributed by atoms with E-state index in [1.165, 1.54) is 0 Å². The molecule has 2 aromatic rings. The van der Waals surface area contributed by atoms with Crippen molar-refractivity contribution in [2.24, 2.45) is 5.92 Å². The van der Waals surface area contributed by atoms with Gasteiger partial charge < -0.3 is 14.2 Å². The van der Waals surface area contributed by atoms with Crippen molar-refractivity contribution in [3.8, 4) is 11.4 Å². The third kappa shape index (κ3) is 4.05. The smallest absolute Gasteiger partial charge is 0.227 e. The van der Waals surface area contributed by atoms with Crippen LogP contribution in [0.4, 0.5) is 0 Å². The van der Waals surface area contributed by atoms with E-state index in [-0.39, 0.29) is 11.5 Å². The fourth-order valence-corrected chi connectivity index (χ4v) is 4.33. The van der Waals surface area contributed by atoms with Gasteiger partial charge in [-0.15, -0.1) is 0 Å². The Bertz CT molecular complexity index is 766. The van der Waals surface area contributed by atoms with Gasteiger partial charge in [-0.25, -0.2) is 0 Å². The number of ether oxygens (including phenoxy) is 1. The van der Waals surface area contributed by atoms with Gasteiger partial charge >= 0.3 is 0 Å². The molecule has 3 heterocycles. The number of rotatable bonds is 4. The Labute approximate surface area is 159 Å². The monoisotopic (exact) mass is 369 g/mol. The van der Waals surface area contributed by atoms with Crippen LogP contribution in [0.15, 0.2) is 34.9 Å². The van der Waals surface area contributed by atoms with E-state index in [9.17, 15) is 4.79 Å². The molecule has 2 aliphatic heterocycles. The molecule has 1 spiro atoms. The minimum Gasteiger partial charge on any atom is -0.375 e. The number of benzene rings is 1. The van der Waals surface area contributed by atoms with Crippen molar-refractivity contribution < 1.29 is 14.1 Å². The zero-order valence-corrected chi connectivity index (χ0v) is 15.9. The molecular weight excluding hydrogens is 342 g/mol. The van der Waals surface area contributed by atoms with Crippen LogP contribution in [0.1, 0.15) is 44.9 Å². The summed E-state index contributed by atoms with van der Waals surface area (Å²) in [4.78, 5) is 18.5. The topological polar surface area (TPSA) is 68.5 Å². The highest BCUT2D eigenvalue weighted by Crippen LogP contribution is 2.38. The van der Waals surface area contributed by atoms with E-state index in [0.29, 0.717) is 24.1 Å². The van der Waals surface area contributed by atoms with Crippen LogP contribution in [0.3, 0.4) is 0 Å². The minimum absolute atomic E-state index is 0.0876. The molecule has 2 fully saturated rings. The number of piperidine rings is 1. The normalized spacial score (nSPS) is 22.1. The molecule has 6 heteroatoms. The molecule has 0 radical (unpaired) electrons. The molecule has 1 aromatic carbocycles. The molecule has 27 heavy (non-hydrogen) atoms. The highest BCUT2D eigenvalue weighted by Gasteiger charge is 2.41. The second-order valence-corrected chi connectivity index (χ2v) is 7.71. The van der Waals surface area contributed by atoms with Gasteiger partial charge in [0.15, 0.2) is 0 Å². The fourth-order valence-electron chi connectivity index (χ4n) is 4.33. The molecule has 2 aliphatic rings. The number of amides is 1. The van der Waals surface area contributed by atoms with Crippen LogP contribution in [-0.2, 0) is 16.0 Å². The number of hydrogen-bond acceptors (Lipinski definition) is 5. The predicted octanol–water partition coefficient (Wildman–Crippen LogP) is 3.48. The quantitative estimate of drug-likeness (QED) is 0.825. The number of hydrogen-bond donors (Lipinski definition) is 0. The lowest BCUT2D eigenvalue weighted by Gasteiger charge is -2.46. The third-order valence-corrected chi connectivity index (χ3v) is 5.89. The zero-order chi connectivity index (χ0) is 18.7. The number of likely N-dealkylation sites (tertiary alicyclic amines) is 1. The molecule has 4 rings (SSSR count). The van der Waals surface area contributed by atoms with Gasteiger partial charge in [-0.2, -0.15) is 4.98 Å². The average Bonchev–Trinajstić information content (AvgIpc) is 3.17.